The molecule has 5 heteroatoms. The van der Waals surface area contributed by atoms with Crippen molar-refractivity contribution in [3.05, 3.63) is 121 Å². The molecule has 5 rings (SSSR count). The molecule has 0 aliphatic carbocycles. The smallest absolute Gasteiger partial charge is 0.0799 e. The first-order chi connectivity index (χ1) is 19.0. The zero-order chi connectivity index (χ0) is 28.8. The fourth-order valence-electron chi connectivity index (χ4n) is 4.46. The fraction of sp³-hybridized carbons (Fsp3) is 0.250. The molecule has 0 saturated carbocycles. The molecule has 41 heavy (non-hydrogen) atoms. The Morgan fingerprint density at radius 2 is 1.41 bits per heavy atom. The Bertz CT molecular complexity index is 1460. The van der Waals surface area contributed by atoms with E-state index in [4.69, 9.17) is 4.98 Å². The van der Waals surface area contributed by atoms with Crippen LogP contribution in [-0.2, 0) is 20.1 Å². The van der Waals surface area contributed by atoms with Crippen molar-refractivity contribution in [2.45, 2.75) is 53.3 Å². The molecule has 0 bridgehead atoms. The Morgan fingerprint density at radius 1 is 0.707 bits per heavy atom. The molecule has 213 valence electrons. The minimum Gasteiger partial charge on any atom is -0.318 e. The molecule has 0 amide bonds. The molecule has 0 saturated heterocycles. The number of hydrogen-bond donors (Lipinski definition) is 0. The van der Waals surface area contributed by atoms with Crippen LogP contribution in [0.2, 0.25) is 19.6 Å². The number of hydrogen-bond acceptors (Lipinski definition) is 3. The van der Waals surface area contributed by atoms with Crippen molar-refractivity contribution < 1.29 is 20.1 Å². The standard InChI is InChI=1S/C20H28NSi.C16H11N2.Ir/c1-15(20(2,3)4)17-13-18(16-11-9-8-10-12-16)21-14-19(17)22(5,6)7;1-2-6-13(7-3-1)14-9-11-18-16(12-14)15-8-4-5-10-17-15;/h8-11,13-15H,1-7H3;1-7,9-12H;/q2*-1;. The third-order valence-electron chi connectivity index (χ3n) is 7.21. The summed E-state index contributed by atoms with van der Waals surface area (Å²) >= 11 is 0. The molecule has 2 aromatic carbocycles. The van der Waals surface area contributed by atoms with Gasteiger partial charge >= 0.3 is 0 Å². The maximum atomic E-state index is 4.74. The van der Waals surface area contributed by atoms with Crippen molar-refractivity contribution in [3.63, 3.8) is 0 Å². The first-order valence-electron chi connectivity index (χ1n) is 13.9. The van der Waals surface area contributed by atoms with E-state index < -0.39 is 8.07 Å². The van der Waals surface area contributed by atoms with Crippen LogP contribution in [0.4, 0.5) is 0 Å². The van der Waals surface area contributed by atoms with Crippen molar-refractivity contribution in [2.75, 3.05) is 0 Å². The number of rotatable bonds is 5. The van der Waals surface area contributed by atoms with Gasteiger partial charge in [0.1, 0.15) is 0 Å². The van der Waals surface area contributed by atoms with Gasteiger partial charge in [-0.25, -0.2) is 0 Å². The molecule has 3 aromatic heterocycles. The summed E-state index contributed by atoms with van der Waals surface area (Å²) in [5.41, 5.74) is 7.76. The summed E-state index contributed by atoms with van der Waals surface area (Å²) in [5.74, 6) is 0.500. The predicted octanol–water partition coefficient (Wildman–Crippen LogP) is 8.85. The van der Waals surface area contributed by atoms with E-state index in [1.54, 1.807) is 12.4 Å². The molecule has 0 spiro atoms. The second-order valence-corrected chi connectivity index (χ2v) is 17.2. The molecule has 5 aromatic rings. The molecule has 0 aliphatic rings. The molecule has 0 N–H and O–H groups in total. The second kappa shape index (κ2) is 14.1. The predicted molar refractivity (Wildman–Crippen MR) is 171 cm³/mol. The van der Waals surface area contributed by atoms with Crippen molar-refractivity contribution in [3.8, 4) is 33.8 Å². The van der Waals surface area contributed by atoms with Gasteiger partial charge < -0.3 is 9.97 Å². The first kappa shape index (κ1) is 32.3. The Labute approximate surface area is 260 Å². The van der Waals surface area contributed by atoms with Gasteiger partial charge in [-0.3, -0.25) is 4.98 Å². The van der Waals surface area contributed by atoms with Gasteiger partial charge in [0.25, 0.3) is 0 Å². The Kier molecular flexibility index (Phi) is 11.1. The van der Waals surface area contributed by atoms with Crippen LogP contribution in [0.25, 0.3) is 33.8 Å². The average molecular weight is 734 g/mol. The second-order valence-electron chi connectivity index (χ2n) is 12.2. The SMILES string of the molecule is CC(c1cc(-c2[c-]cccc2)ncc1[Si](C)(C)C)C(C)(C)C.[Ir].[c-]1cccnc1-c1cc(-c2ccccc2)ccn1. The zero-order valence-electron chi connectivity index (χ0n) is 25.1. The van der Waals surface area contributed by atoms with Crippen LogP contribution >= 0.6 is 0 Å². The van der Waals surface area contributed by atoms with Crippen LogP contribution in [0.15, 0.2) is 104 Å². The summed E-state index contributed by atoms with van der Waals surface area (Å²) in [6, 6.07) is 34.8. The molecule has 0 aliphatic heterocycles. The van der Waals surface area contributed by atoms with Gasteiger partial charge in [-0.2, -0.15) is 12.1 Å². The number of nitrogens with zero attached hydrogens (tertiary/aromatic N) is 3. The Balaban J connectivity index is 0.000000224. The van der Waals surface area contributed by atoms with E-state index in [9.17, 15) is 0 Å². The minimum atomic E-state index is -1.42. The van der Waals surface area contributed by atoms with E-state index >= 15 is 0 Å². The van der Waals surface area contributed by atoms with Gasteiger partial charge in [0.05, 0.1) is 8.07 Å². The Hall–Kier alpha value is -3.24. The van der Waals surface area contributed by atoms with Crippen LogP contribution in [0.3, 0.4) is 0 Å². The fourth-order valence-corrected chi connectivity index (χ4v) is 6.06. The van der Waals surface area contributed by atoms with E-state index in [0.29, 0.717) is 5.92 Å². The molecule has 1 radical (unpaired) electrons. The largest absolute Gasteiger partial charge is 0.318 e. The third kappa shape index (κ3) is 8.62. The maximum absolute atomic E-state index is 4.74. The summed E-state index contributed by atoms with van der Waals surface area (Å²) in [5, 5.41) is 1.48. The van der Waals surface area contributed by atoms with Gasteiger partial charge in [0.15, 0.2) is 0 Å². The van der Waals surface area contributed by atoms with E-state index in [1.165, 1.54) is 16.3 Å². The van der Waals surface area contributed by atoms with Gasteiger partial charge in [-0.05, 0) is 57.0 Å². The Morgan fingerprint density at radius 3 is 2.02 bits per heavy atom. The number of aromatic nitrogens is 3. The van der Waals surface area contributed by atoms with Gasteiger partial charge in [0, 0.05) is 32.5 Å². The minimum absolute atomic E-state index is 0. The summed E-state index contributed by atoms with van der Waals surface area (Å²) in [6.45, 7) is 16.5. The van der Waals surface area contributed by atoms with Crippen LogP contribution in [0.1, 0.15) is 39.2 Å². The van der Waals surface area contributed by atoms with E-state index in [0.717, 1.165) is 28.2 Å². The first-order valence-corrected chi connectivity index (χ1v) is 17.4. The van der Waals surface area contributed by atoms with Crippen molar-refractivity contribution in [1.29, 1.82) is 0 Å². The zero-order valence-corrected chi connectivity index (χ0v) is 28.5. The van der Waals surface area contributed by atoms with Crippen LogP contribution in [-0.4, -0.2) is 23.0 Å². The molecular formula is C36H39IrN3Si-2. The number of benzene rings is 2. The van der Waals surface area contributed by atoms with Gasteiger partial charge in [-0.1, -0.05) is 95.4 Å². The summed E-state index contributed by atoms with van der Waals surface area (Å²) in [6.07, 6.45) is 5.68. The monoisotopic (exact) mass is 734 g/mol. The molecule has 0 fully saturated rings. The maximum Gasteiger partial charge on any atom is 0.0799 e. The summed E-state index contributed by atoms with van der Waals surface area (Å²) < 4.78 is 0. The topological polar surface area (TPSA) is 38.7 Å². The third-order valence-corrected chi connectivity index (χ3v) is 9.24. The molecule has 3 heterocycles. The quantitative estimate of drug-likeness (QED) is 0.134. The molecule has 1 unspecified atom stereocenters. The van der Waals surface area contributed by atoms with Gasteiger partial charge in [0.2, 0.25) is 0 Å². The molecule has 3 nitrogen and oxygen atoms in total. The average Bonchev–Trinajstić information content (AvgIpc) is 2.97. The van der Waals surface area contributed by atoms with Crippen LogP contribution in [0, 0.1) is 17.5 Å². The van der Waals surface area contributed by atoms with E-state index in [2.05, 4.69) is 99.9 Å². The summed E-state index contributed by atoms with van der Waals surface area (Å²) in [4.78, 5) is 13.4. The van der Waals surface area contributed by atoms with Gasteiger partial charge in [-0.15, -0.1) is 42.0 Å². The van der Waals surface area contributed by atoms with Crippen molar-refractivity contribution in [1.82, 2.24) is 15.0 Å². The normalized spacial score (nSPS) is 12.0. The van der Waals surface area contributed by atoms with E-state index in [1.807, 2.05) is 60.7 Å². The molecular weight excluding hydrogens is 695 g/mol. The van der Waals surface area contributed by atoms with Crippen LogP contribution in [0.5, 0.6) is 0 Å². The van der Waals surface area contributed by atoms with Crippen molar-refractivity contribution >= 4 is 13.3 Å². The van der Waals surface area contributed by atoms with Crippen LogP contribution < -0.4 is 5.19 Å². The molecule has 1 atom stereocenters. The van der Waals surface area contributed by atoms with Crippen molar-refractivity contribution in [2.24, 2.45) is 5.41 Å². The number of pyridine rings is 3. The summed E-state index contributed by atoms with van der Waals surface area (Å²) in [7, 11) is -1.42. The van der Waals surface area contributed by atoms with E-state index in [-0.39, 0.29) is 25.5 Å².